The van der Waals surface area contributed by atoms with E-state index in [-0.39, 0.29) is 0 Å². The summed E-state index contributed by atoms with van der Waals surface area (Å²) in [7, 11) is 1.74. The summed E-state index contributed by atoms with van der Waals surface area (Å²) >= 11 is 1.79. The average Bonchev–Trinajstić information content (AvgIpc) is 2.11. The zero-order valence-electron chi connectivity index (χ0n) is 8.51. The molecular weight excluding hydrogens is 182 g/mol. The van der Waals surface area contributed by atoms with Gasteiger partial charge in [0.25, 0.3) is 0 Å². The number of rotatable bonds is 8. The third-order valence-electron chi connectivity index (χ3n) is 1.55. The van der Waals surface area contributed by atoms with Crippen LogP contribution in [0.4, 0.5) is 0 Å². The summed E-state index contributed by atoms with van der Waals surface area (Å²) in [5.41, 5.74) is 0. The van der Waals surface area contributed by atoms with Gasteiger partial charge in [0.05, 0.1) is 5.75 Å². The lowest BCUT2D eigenvalue weighted by molar-refractivity contribution is 0.159. The van der Waals surface area contributed by atoms with Gasteiger partial charge in [-0.2, -0.15) is 0 Å². The maximum absolute atomic E-state index is 5.12. The Labute approximate surface area is 85.8 Å². The molecule has 0 rings (SSSR count). The number of terminal acetylenes is 1. The van der Waals surface area contributed by atoms with Gasteiger partial charge in [0.2, 0.25) is 0 Å². The Balaban J connectivity index is 3.03. The van der Waals surface area contributed by atoms with Gasteiger partial charge in [-0.15, -0.1) is 18.2 Å². The third kappa shape index (κ3) is 9.75. The quantitative estimate of drug-likeness (QED) is 0.471. The van der Waals surface area contributed by atoms with E-state index in [9.17, 15) is 0 Å². The summed E-state index contributed by atoms with van der Waals surface area (Å²) in [5.74, 6) is 5.09. The zero-order chi connectivity index (χ0) is 9.94. The maximum atomic E-state index is 5.12. The SMILES string of the molecule is C#CCSCCNCC(C)COC. The predicted molar refractivity (Wildman–Crippen MR) is 60.1 cm³/mol. The van der Waals surface area contributed by atoms with Gasteiger partial charge in [-0.25, -0.2) is 0 Å². The molecule has 0 aliphatic carbocycles. The molecule has 0 aromatic rings. The van der Waals surface area contributed by atoms with Crippen LogP contribution in [0.3, 0.4) is 0 Å². The largest absolute Gasteiger partial charge is 0.384 e. The number of nitrogens with one attached hydrogen (secondary N) is 1. The van der Waals surface area contributed by atoms with Crippen molar-refractivity contribution in [3.05, 3.63) is 0 Å². The fourth-order valence-electron chi connectivity index (χ4n) is 0.967. The van der Waals surface area contributed by atoms with Gasteiger partial charge in [-0.3, -0.25) is 0 Å². The summed E-state index contributed by atoms with van der Waals surface area (Å²) in [6.07, 6.45) is 5.12. The maximum Gasteiger partial charge on any atom is 0.0545 e. The monoisotopic (exact) mass is 201 g/mol. The first-order valence-electron chi connectivity index (χ1n) is 4.52. The van der Waals surface area contributed by atoms with Crippen molar-refractivity contribution in [2.45, 2.75) is 6.92 Å². The first-order chi connectivity index (χ1) is 6.31. The number of hydrogen-bond donors (Lipinski definition) is 1. The van der Waals surface area contributed by atoms with Crippen LogP contribution in [0.15, 0.2) is 0 Å². The van der Waals surface area contributed by atoms with E-state index in [1.165, 1.54) is 0 Å². The Morgan fingerprint density at radius 1 is 1.62 bits per heavy atom. The highest BCUT2D eigenvalue weighted by atomic mass is 32.2. The Morgan fingerprint density at radius 2 is 2.38 bits per heavy atom. The third-order valence-corrected chi connectivity index (χ3v) is 2.42. The Morgan fingerprint density at radius 3 is 3.00 bits per heavy atom. The molecule has 13 heavy (non-hydrogen) atoms. The normalized spacial score (nSPS) is 12.4. The lowest BCUT2D eigenvalue weighted by Gasteiger charge is -2.10. The van der Waals surface area contributed by atoms with Crippen LogP contribution in [-0.4, -0.2) is 38.3 Å². The summed E-state index contributed by atoms with van der Waals surface area (Å²) in [5, 5.41) is 3.36. The smallest absolute Gasteiger partial charge is 0.0545 e. The molecule has 2 nitrogen and oxygen atoms in total. The Bertz CT molecular complexity index is 144. The van der Waals surface area contributed by atoms with Gasteiger partial charge in [-0.05, 0) is 12.5 Å². The van der Waals surface area contributed by atoms with E-state index in [1.54, 1.807) is 18.9 Å². The number of ether oxygens (including phenoxy) is 1. The highest BCUT2D eigenvalue weighted by molar-refractivity contribution is 7.99. The van der Waals surface area contributed by atoms with Crippen molar-refractivity contribution < 1.29 is 4.74 Å². The predicted octanol–water partition coefficient (Wildman–Crippen LogP) is 1.22. The molecule has 0 aliphatic rings. The molecule has 0 spiro atoms. The molecule has 0 saturated heterocycles. The first kappa shape index (κ1) is 12.8. The van der Waals surface area contributed by atoms with Gasteiger partial charge in [-0.1, -0.05) is 12.8 Å². The van der Waals surface area contributed by atoms with E-state index in [1.807, 2.05) is 0 Å². The van der Waals surface area contributed by atoms with Crippen molar-refractivity contribution in [2.24, 2.45) is 5.92 Å². The van der Waals surface area contributed by atoms with E-state index in [4.69, 9.17) is 11.2 Å². The van der Waals surface area contributed by atoms with Gasteiger partial charge >= 0.3 is 0 Å². The first-order valence-corrected chi connectivity index (χ1v) is 5.67. The van der Waals surface area contributed by atoms with Crippen molar-refractivity contribution in [2.75, 3.05) is 38.3 Å². The molecule has 0 saturated carbocycles. The summed E-state index contributed by atoms with van der Waals surface area (Å²) in [6.45, 7) is 5.04. The number of methoxy groups -OCH3 is 1. The second kappa shape index (κ2) is 9.91. The van der Waals surface area contributed by atoms with Gasteiger partial charge in [0.15, 0.2) is 0 Å². The van der Waals surface area contributed by atoms with Crippen molar-refractivity contribution in [3.8, 4) is 12.3 Å². The standard InChI is InChI=1S/C10H19NOS/c1-4-6-13-7-5-11-8-10(2)9-12-3/h1,10-11H,5-9H2,2-3H3. The molecule has 0 aromatic carbocycles. The minimum Gasteiger partial charge on any atom is -0.384 e. The van der Waals surface area contributed by atoms with Crippen LogP contribution in [-0.2, 0) is 4.74 Å². The lowest BCUT2D eigenvalue weighted by Crippen LogP contribution is -2.25. The second-order valence-corrected chi connectivity index (χ2v) is 4.13. The second-order valence-electron chi connectivity index (χ2n) is 3.02. The lowest BCUT2D eigenvalue weighted by atomic mass is 10.2. The van der Waals surface area contributed by atoms with Crippen LogP contribution in [0, 0.1) is 18.3 Å². The van der Waals surface area contributed by atoms with Crippen LogP contribution in [0.1, 0.15) is 6.92 Å². The highest BCUT2D eigenvalue weighted by Gasteiger charge is 1.99. The Kier molecular flexibility index (Phi) is 9.78. The van der Waals surface area contributed by atoms with Gasteiger partial charge in [0, 0.05) is 26.0 Å². The zero-order valence-corrected chi connectivity index (χ0v) is 9.32. The van der Waals surface area contributed by atoms with Crippen LogP contribution >= 0.6 is 11.8 Å². The van der Waals surface area contributed by atoms with E-state index < -0.39 is 0 Å². The van der Waals surface area contributed by atoms with Crippen LogP contribution in [0.2, 0.25) is 0 Å². The fraction of sp³-hybridized carbons (Fsp3) is 0.800. The number of thioether (sulfide) groups is 1. The average molecular weight is 201 g/mol. The molecule has 3 heteroatoms. The molecule has 0 aromatic heterocycles. The molecule has 0 amide bonds. The van der Waals surface area contributed by atoms with Crippen LogP contribution in [0.25, 0.3) is 0 Å². The molecular formula is C10H19NOS. The van der Waals surface area contributed by atoms with Crippen molar-refractivity contribution >= 4 is 11.8 Å². The van der Waals surface area contributed by atoms with Crippen molar-refractivity contribution in [3.63, 3.8) is 0 Å². The molecule has 1 unspecified atom stereocenters. The molecule has 1 N–H and O–H groups in total. The number of hydrogen-bond acceptors (Lipinski definition) is 3. The van der Waals surface area contributed by atoms with E-state index in [0.717, 1.165) is 31.2 Å². The molecule has 0 bridgehead atoms. The highest BCUT2D eigenvalue weighted by Crippen LogP contribution is 1.96. The minimum atomic E-state index is 0.586. The van der Waals surface area contributed by atoms with E-state index >= 15 is 0 Å². The summed E-state index contributed by atoms with van der Waals surface area (Å²) in [4.78, 5) is 0. The Hall–Kier alpha value is -0.170. The molecule has 1 atom stereocenters. The topological polar surface area (TPSA) is 21.3 Å². The molecule has 0 fully saturated rings. The molecule has 0 radical (unpaired) electrons. The van der Waals surface area contributed by atoms with Gasteiger partial charge < -0.3 is 10.1 Å². The van der Waals surface area contributed by atoms with E-state index in [2.05, 4.69) is 18.2 Å². The minimum absolute atomic E-state index is 0.586. The van der Waals surface area contributed by atoms with Crippen LogP contribution < -0.4 is 5.32 Å². The molecule has 0 aliphatic heterocycles. The summed E-state index contributed by atoms with van der Waals surface area (Å²) < 4.78 is 5.03. The van der Waals surface area contributed by atoms with Crippen molar-refractivity contribution in [1.82, 2.24) is 5.32 Å². The van der Waals surface area contributed by atoms with Crippen molar-refractivity contribution in [1.29, 1.82) is 0 Å². The fourth-order valence-corrected chi connectivity index (χ4v) is 1.52. The summed E-state index contributed by atoms with van der Waals surface area (Å²) in [6, 6.07) is 0. The van der Waals surface area contributed by atoms with E-state index in [0.29, 0.717) is 5.92 Å². The molecule has 76 valence electrons. The molecule has 0 heterocycles. The van der Waals surface area contributed by atoms with Crippen LogP contribution in [0.5, 0.6) is 0 Å². The van der Waals surface area contributed by atoms with Gasteiger partial charge in [0.1, 0.15) is 0 Å².